The Morgan fingerprint density at radius 2 is 1.87 bits per heavy atom. The second-order valence-electron chi connectivity index (χ2n) is 6.85. The molecule has 1 amide bonds. The molecule has 1 aromatic rings. The lowest BCUT2D eigenvalue weighted by Gasteiger charge is -2.38. The summed E-state index contributed by atoms with van der Waals surface area (Å²) in [5, 5.41) is 3.54. The third-order valence-electron chi connectivity index (χ3n) is 4.67. The number of benzene rings is 1. The first-order valence-electron chi connectivity index (χ1n) is 8.48. The van der Waals surface area contributed by atoms with Gasteiger partial charge in [-0.2, -0.15) is 0 Å². The zero-order valence-corrected chi connectivity index (χ0v) is 14.3. The first-order chi connectivity index (χ1) is 11.0. The van der Waals surface area contributed by atoms with Gasteiger partial charge in [0.25, 0.3) is 0 Å². The van der Waals surface area contributed by atoms with E-state index in [1.54, 1.807) is 4.90 Å². The highest BCUT2D eigenvalue weighted by atomic mass is 16.5. The first kappa shape index (κ1) is 16.3. The molecule has 2 saturated heterocycles. The van der Waals surface area contributed by atoms with E-state index in [1.165, 1.54) is 11.3 Å². The van der Waals surface area contributed by atoms with Crippen molar-refractivity contribution in [3.63, 3.8) is 0 Å². The fourth-order valence-electron chi connectivity index (χ4n) is 3.60. The maximum absolute atomic E-state index is 11.6. The minimum Gasteiger partial charge on any atom is -0.372 e. The highest BCUT2D eigenvalue weighted by molar-refractivity contribution is 5.78. The number of likely N-dealkylation sites (tertiary alicyclic amines) is 1. The molecule has 2 aliphatic rings. The molecule has 2 heterocycles. The van der Waals surface area contributed by atoms with Crippen molar-refractivity contribution in [3.05, 3.63) is 29.8 Å². The van der Waals surface area contributed by atoms with E-state index in [0.29, 0.717) is 6.42 Å². The van der Waals surface area contributed by atoms with Crippen LogP contribution in [0.3, 0.4) is 0 Å². The average Bonchev–Trinajstić information content (AvgIpc) is 2.83. The van der Waals surface area contributed by atoms with Gasteiger partial charge in [-0.3, -0.25) is 4.79 Å². The summed E-state index contributed by atoms with van der Waals surface area (Å²) in [5.41, 5.74) is 2.57. The van der Waals surface area contributed by atoms with E-state index >= 15 is 0 Å². The lowest BCUT2D eigenvalue weighted by molar-refractivity contribution is -0.126. The summed E-state index contributed by atoms with van der Waals surface area (Å²) in [6, 6.07) is 8.79. The van der Waals surface area contributed by atoms with Crippen LogP contribution in [-0.2, 0) is 16.1 Å². The number of para-hydroxylation sites is 1. The molecule has 3 atom stereocenters. The standard InChI is InChI=1S/C18H27N3O2/c1-13-10-21(11-14(2)23-13)17-7-5-4-6-15(17)9-19-16-8-18(22)20(3)12-16/h4-7,13-14,16,19H,8-12H2,1-3H3. The Kier molecular flexibility index (Phi) is 4.87. The highest BCUT2D eigenvalue weighted by Crippen LogP contribution is 2.24. The molecule has 0 bridgehead atoms. The van der Waals surface area contributed by atoms with Crippen LogP contribution >= 0.6 is 0 Å². The number of carbonyl (C=O) groups excluding carboxylic acids is 1. The zero-order valence-electron chi connectivity index (χ0n) is 14.3. The predicted molar refractivity (Wildman–Crippen MR) is 91.5 cm³/mol. The lowest BCUT2D eigenvalue weighted by Crippen LogP contribution is -2.46. The molecule has 0 radical (unpaired) electrons. The zero-order chi connectivity index (χ0) is 16.4. The van der Waals surface area contributed by atoms with Crippen LogP contribution in [-0.4, -0.2) is 55.7 Å². The summed E-state index contributed by atoms with van der Waals surface area (Å²) < 4.78 is 5.84. The van der Waals surface area contributed by atoms with Gasteiger partial charge in [0.1, 0.15) is 0 Å². The number of hydrogen-bond donors (Lipinski definition) is 1. The van der Waals surface area contributed by atoms with E-state index in [2.05, 4.69) is 48.3 Å². The van der Waals surface area contributed by atoms with Crippen molar-refractivity contribution in [2.45, 2.75) is 45.1 Å². The molecule has 0 saturated carbocycles. The van der Waals surface area contributed by atoms with Crippen LogP contribution in [0.5, 0.6) is 0 Å². The van der Waals surface area contributed by atoms with Gasteiger partial charge < -0.3 is 19.9 Å². The molecule has 5 nitrogen and oxygen atoms in total. The fourth-order valence-corrected chi connectivity index (χ4v) is 3.60. The smallest absolute Gasteiger partial charge is 0.224 e. The summed E-state index contributed by atoms with van der Waals surface area (Å²) in [6.45, 7) is 7.69. The van der Waals surface area contributed by atoms with E-state index in [-0.39, 0.29) is 24.2 Å². The van der Waals surface area contributed by atoms with Gasteiger partial charge in [-0.05, 0) is 25.5 Å². The molecule has 1 aromatic carbocycles. The Balaban J connectivity index is 1.67. The maximum atomic E-state index is 11.6. The second kappa shape index (κ2) is 6.89. The third kappa shape index (κ3) is 3.85. The van der Waals surface area contributed by atoms with Gasteiger partial charge in [0.2, 0.25) is 5.91 Å². The minimum atomic E-state index is 0.228. The summed E-state index contributed by atoms with van der Waals surface area (Å²) >= 11 is 0. The van der Waals surface area contributed by atoms with Crippen molar-refractivity contribution < 1.29 is 9.53 Å². The molecule has 5 heteroatoms. The number of nitrogens with one attached hydrogen (secondary N) is 1. The number of hydrogen-bond acceptors (Lipinski definition) is 4. The van der Waals surface area contributed by atoms with E-state index in [0.717, 1.165) is 26.2 Å². The molecular formula is C18H27N3O2. The second-order valence-corrected chi connectivity index (χ2v) is 6.85. The van der Waals surface area contributed by atoms with Crippen molar-refractivity contribution in [1.29, 1.82) is 0 Å². The largest absolute Gasteiger partial charge is 0.372 e. The highest BCUT2D eigenvalue weighted by Gasteiger charge is 2.27. The summed E-state index contributed by atoms with van der Waals surface area (Å²) in [6.07, 6.45) is 1.10. The fraction of sp³-hybridized carbons (Fsp3) is 0.611. The van der Waals surface area contributed by atoms with Crippen molar-refractivity contribution >= 4 is 11.6 Å². The molecule has 0 aromatic heterocycles. The molecule has 3 rings (SSSR count). The average molecular weight is 317 g/mol. The van der Waals surface area contributed by atoms with Crippen LogP contribution in [0.15, 0.2) is 24.3 Å². The maximum Gasteiger partial charge on any atom is 0.224 e. The van der Waals surface area contributed by atoms with Crippen LogP contribution in [0.25, 0.3) is 0 Å². The van der Waals surface area contributed by atoms with Gasteiger partial charge in [0, 0.05) is 51.4 Å². The Morgan fingerprint density at radius 3 is 2.52 bits per heavy atom. The molecule has 0 aliphatic carbocycles. The first-order valence-corrected chi connectivity index (χ1v) is 8.48. The molecular weight excluding hydrogens is 290 g/mol. The molecule has 23 heavy (non-hydrogen) atoms. The van der Waals surface area contributed by atoms with Crippen LogP contribution in [0.2, 0.25) is 0 Å². The van der Waals surface area contributed by atoms with Crippen LogP contribution < -0.4 is 10.2 Å². The summed E-state index contributed by atoms with van der Waals surface area (Å²) in [4.78, 5) is 15.9. The van der Waals surface area contributed by atoms with Crippen LogP contribution in [0.4, 0.5) is 5.69 Å². The van der Waals surface area contributed by atoms with Gasteiger partial charge in [-0.25, -0.2) is 0 Å². The Hall–Kier alpha value is -1.59. The van der Waals surface area contributed by atoms with Crippen LogP contribution in [0.1, 0.15) is 25.8 Å². The van der Waals surface area contributed by atoms with Crippen molar-refractivity contribution in [2.24, 2.45) is 0 Å². The Morgan fingerprint density at radius 1 is 1.17 bits per heavy atom. The number of likely N-dealkylation sites (N-methyl/N-ethyl adjacent to an activating group) is 1. The molecule has 2 fully saturated rings. The van der Waals surface area contributed by atoms with E-state index in [4.69, 9.17) is 4.74 Å². The molecule has 2 aliphatic heterocycles. The quantitative estimate of drug-likeness (QED) is 0.916. The normalized spacial score (nSPS) is 28.5. The Bertz CT molecular complexity index is 553. The van der Waals surface area contributed by atoms with E-state index in [1.807, 2.05) is 7.05 Å². The van der Waals surface area contributed by atoms with Gasteiger partial charge in [0.05, 0.1) is 12.2 Å². The number of rotatable bonds is 4. The lowest BCUT2D eigenvalue weighted by atomic mass is 10.1. The third-order valence-corrected chi connectivity index (χ3v) is 4.67. The number of morpholine rings is 1. The van der Waals surface area contributed by atoms with Crippen LogP contribution in [0, 0.1) is 0 Å². The van der Waals surface area contributed by atoms with Gasteiger partial charge in [-0.15, -0.1) is 0 Å². The topological polar surface area (TPSA) is 44.8 Å². The van der Waals surface area contributed by atoms with Gasteiger partial charge in [0.15, 0.2) is 0 Å². The number of ether oxygens (including phenoxy) is 1. The number of anilines is 1. The molecule has 126 valence electrons. The van der Waals surface area contributed by atoms with E-state index < -0.39 is 0 Å². The summed E-state index contributed by atoms with van der Waals surface area (Å²) in [7, 11) is 1.87. The summed E-state index contributed by atoms with van der Waals surface area (Å²) in [5.74, 6) is 0.228. The monoisotopic (exact) mass is 317 g/mol. The number of amides is 1. The van der Waals surface area contributed by atoms with Crippen molar-refractivity contribution in [3.8, 4) is 0 Å². The number of carbonyl (C=O) groups is 1. The molecule has 3 unspecified atom stereocenters. The predicted octanol–water partition coefficient (Wildman–Crippen LogP) is 1.62. The SMILES string of the molecule is CC1CN(c2ccccc2CNC2CC(=O)N(C)C2)CC(C)O1. The van der Waals surface area contributed by atoms with Crippen molar-refractivity contribution in [2.75, 3.05) is 31.6 Å². The van der Waals surface area contributed by atoms with Crippen molar-refractivity contribution in [1.82, 2.24) is 10.2 Å². The van der Waals surface area contributed by atoms with Gasteiger partial charge in [-0.1, -0.05) is 18.2 Å². The van der Waals surface area contributed by atoms with Gasteiger partial charge >= 0.3 is 0 Å². The number of nitrogens with zero attached hydrogens (tertiary/aromatic N) is 2. The molecule has 1 N–H and O–H groups in total. The molecule has 0 spiro atoms. The Labute approximate surface area is 138 Å². The van der Waals surface area contributed by atoms with E-state index in [9.17, 15) is 4.79 Å². The minimum absolute atomic E-state index is 0.228.